The molecule has 7 heteroatoms. The molecular formula is C16H36CaO4P2. The van der Waals surface area contributed by atoms with Gasteiger partial charge in [0.25, 0.3) is 0 Å². The minimum absolute atomic E-state index is 0. The molecule has 0 bridgehead atoms. The average Bonchev–Trinajstić information content (AvgIpc) is 2.49. The first-order valence-corrected chi connectivity index (χ1v) is 12.8. The van der Waals surface area contributed by atoms with Crippen LogP contribution in [-0.2, 0) is 9.13 Å². The Labute approximate surface area is 174 Å². The van der Waals surface area contributed by atoms with E-state index in [1.807, 2.05) is 0 Å². The maximum Gasteiger partial charge on any atom is 2.00 e. The van der Waals surface area contributed by atoms with E-state index in [9.17, 15) is 18.9 Å². The molecule has 0 fully saturated rings. The molecule has 136 valence electrons. The molecule has 0 N–H and O–H groups in total. The summed E-state index contributed by atoms with van der Waals surface area (Å²) >= 11 is 0. The first kappa shape index (κ1) is 29.4. The van der Waals surface area contributed by atoms with Gasteiger partial charge in [0.05, 0.1) is 0 Å². The van der Waals surface area contributed by atoms with Gasteiger partial charge in [-0.05, 0) is 37.5 Å². The van der Waals surface area contributed by atoms with Crippen molar-refractivity contribution in [3.8, 4) is 0 Å². The molecule has 0 aromatic heterocycles. The predicted octanol–water partition coefficient (Wildman–Crippen LogP) is 4.07. The van der Waals surface area contributed by atoms with E-state index < -0.39 is 14.7 Å². The molecule has 2 unspecified atom stereocenters. The van der Waals surface area contributed by atoms with Crippen LogP contribution in [0.3, 0.4) is 0 Å². The zero-order valence-electron chi connectivity index (χ0n) is 15.7. The van der Waals surface area contributed by atoms with Gasteiger partial charge in [-0.25, -0.2) is 0 Å². The van der Waals surface area contributed by atoms with Crippen LogP contribution in [0.15, 0.2) is 0 Å². The Morgan fingerprint density at radius 3 is 1.13 bits per heavy atom. The van der Waals surface area contributed by atoms with Crippen LogP contribution in [0.25, 0.3) is 0 Å². The van der Waals surface area contributed by atoms with Gasteiger partial charge in [-0.15, -0.1) is 0 Å². The topological polar surface area (TPSA) is 80.3 Å². The van der Waals surface area contributed by atoms with Gasteiger partial charge in [-0.3, -0.25) is 0 Å². The second kappa shape index (κ2) is 18.4. The zero-order valence-corrected chi connectivity index (χ0v) is 19.7. The molecule has 0 amide bonds. The van der Waals surface area contributed by atoms with Gasteiger partial charge in [-0.2, -0.15) is 0 Å². The van der Waals surface area contributed by atoms with Crippen LogP contribution in [0.4, 0.5) is 0 Å². The summed E-state index contributed by atoms with van der Waals surface area (Å²) in [5.41, 5.74) is 0. The minimum atomic E-state index is -2.96. The van der Waals surface area contributed by atoms with Crippen molar-refractivity contribution < 1.29 is 18.9 Å². The summed E-state index contributed by atoms with van der Waals surface area (Å²) in [5, 5.41) is 0. The normalized spacial score (nSPS) is 15.6. The van der Waals surface area contributed by atoms with Crippen molar-refractivity contribution in [3.63, 3.8) is 0 Å². The first-order chi connectivity index (χ1) is 10.2. The van der Waals surface area contributed by atoms with Crippen molar-refractivity contribution in [2.45, 2.75) is 79.1 Å². The summed E-state index contributed by atoms with van der Waals surface area (Å²) in [6.07, 6.45) is 9.90. The molecular weight excluding hydrogens is 358 g/mol. The third-order valence-electron chi connectivity index (χ3n) is 3.67. The number of rotatable bonds is 12. The summed E-state index contributed by atoms with van der Waals surface area (Å²) in [4.78, 5) is 22.0. The number of hydrogen-bond acceptors (Lipinski definition) is 4. The standard InChI is InChI=1S/2C8H19O2P.Ca/c2*1-3-5-6-7-8-11(9,10)4-2;/h2*3-8H2,1-2H3,(H,9,10);/q;;+2/p-2. The summed E-state index contributed by atoms with van der Waals surface area (Å²) in [6, 6.07) is 0. The molecule has 0 saturated carbocycles. The SMILES string of the molecule is CCCCCCP(=O)([O-])CC.CCCCCCP(=O)([O-])CC.[Ca+2]. The molecule has 0 aliphatic carbocycles. The Morgan fingerprint density at radius 2 is 0.913 bits per heavy atom. The quantitative estimate of drug-likeness (QED) is 0.284. The van der Waals surface area contributed by atoms with Crippen LogP contribution in [0.5, 0.6) is 0 Å². The Hall–Kier alpha value is 1.64. The van der Waals surface area contributed by atoms with Gasteiger partial charge in [0.2, 0.25) is 0 Å². The molecule has 4 nitrogen and oxygen atoms in total. The maximum atomic E-state index is 11.0. The molecule has 0 saturated heterocycles. The van der Waals surface area contributed by atoms with Crippen molar-refractivity contribution in [1.82, 2.24) is 0 Å². The fraction of sp³-hybridized carbons (Fsp3) is 1.00. The first-order valence-electron chi connectivity index (χ1n) is 8.82. The molecule has 0 aromatic rings. The van der Waals surface area contributed by atoms with Crippen LogP contribution in [-0.4, -0.2) is 62.4 Å². The number of unbranched alkanes of at least 4 members (excludes halogenated alkanes) is 6. The van der Waals surface area contributed by atoms with Gasteiger partial charge >= 0.3 is 37.7 Å². The second-order valence-electron chi connectivity index (χ2n) is 5.83. The number of hydrogen-bond donors (Lipinski definition) is 0. The molecule has 0 spiro atoms. The van der Waals surface area contributed by atoms with Crippen LogP contribution in [0.1, 0.15) is 79.1 Å². The van der Waals surface area contributed by atoms with Crippen molar-refractivity contribution >= 4 is 52.5 Å². The molecule has 0 aliphatic rings. The van der Waals surface area contributed by atoms with E-state index in [4.69, 9.17) is 0 Å². The van der Waals surface area contributed by atoms with Crippen LogP contribution in [0, 0.1) is 0 Å². The summed E-state index contributed by atoms with van der Waals surface area (Å²) in [5.74, 6) is 0. The fourth-order valence-electron chi connectivity index (χ4n) is 1.88. The smallest absolute Gasteiger partial charge is 0.799 e. The maximum absolute atomic E-state index is 11.0. The molecule has 2 atom stereocenters. The molecule has 23 heavy (non-hydrogen) atoms. The third kappa shape index (κ3) is 23.6. The van der Waals surface area contributed by atoms with Crippen LogP contribution >= 0.6 is 14.7 Å². The molecule has 0 aromatic carbocycles. The Balaban J connectivity index is -0.000000333. The van der Waals surface area contributed by atoms with Gasteiger partial charge < -0.3 is 18.9 Å². The van der Waals surface area contributed by atoms with E-state index in [0.29, 0.717) is 24.6 Å². The molecule has 0 rings (SSSR count). The van der Waals surface area contributed by atoms with E-state index in [-0.39, 0.29) is 37.7 Å². The Kier molecular flexibility index (Phi) is 23.6. The largest absolute Gasteiger partial charge is 2.00 e. The summed E-state index contributed by atoms with van der Waals surface area (Å²) < 4.78 is 22.0. The van der Waals surface area contributed by atoms with Crippen molar-refractivity contribution in [1.29, 1.82) is 0 Å². The Bertz CT molecular complexity index is 306. The van der Waals surface area contributed by atoms with Crippen LogP contribution in [0.2, 0.25) is 0 Å². The van der Waals surface area contributed by atoms with Gasteiger partial charge in [0, 0.05) is 14.7 Å². The molecule has 0 heterocycles. The van der Waals surface area contributed by atoms with Gasteiger partial charge in [0.1, 0.15) is 0 Å². The van der Waals surface area contributed by atoms with Crippen molar-refractivity contribution in [2.75, 3.05) is 24.6 Å². The summed E-state index contributed by atoms with van der Waals surface area (Å²) in [7, 11) is -5.93. The Morgan fingerprint density at radius 1 is 0.609 bits per heavy atom. The van der Waals surface area contributed by atoms with Gasteiger partial charge in [-0.1, -0.05) is 66.2 Å². The van der Waals surface area contributed by atoms with Crippen molar-refractivity contribution in [3.05, 3.63) is 0 Å². The molecule has 0 radical (unpaired) electrons. The fourth-order valence-corrected chi connectivity index (χ4v) is 3.92. The summed E-state index contributed by atoms with van der Waals surface area (Å²) in [6.45, 7) is 7.68. The second-order valence-corrected chi connectivity index (χ2v) is 11.2. The minimum Gasteiger partial charge on any atom is -0.799 e. The van der Waals surface area contributed by atoms with E-state index in [1.165, 1.54) is 0 Å². The van der Waals surface area contributed by atoms with Gasteiger partial charge in [0.15, 0.2) is 0 Å². The van der Waals surface area contributed by atoms with E-state index in [1.54, 1.807) is 13.8 Å². The predicted molar refractivity (Wildman–Crippen MR) is 100 cm³/mol. The molecule has 0 aliphatic heterocycles. The monoisotopic (exact) mass is 394 g/mol. The third-order valence-corrected chi connectivity index (χ3v) is 7.59. The zero-order chi connectivity index (χ0) is 17.5. The van der Waals surface area contributed by atoms with E-state index in [0.717, 1.165) is 51.4 Å². The van der Waals surface area contributed by atoms with E-state index in [2.05, 4.69) is 13.8 Å². The van der Waals surface area contributed by atoms with Crippen LogP contribution < -0.4 is 9.79 Å². The average molecular weight is 394 g/mol. The van der Waals surface area contributed by atoms with Crippen molar-refractivity contribution in [2.24, 2.45) is 0 Å². The van der Waals surface area contributed by atoms with E-state index >= 15 is 0 Å².